The molecule has 0 spiro atoms. The van der Waals surface area contributed by atoms with Gasteiger partial charge < -0.3 is 5.32 Å². The molecular weight excluding hydrogens is 198 g/mol. The van der Waals surface area contributed by atoms with Gasteiger partial charge in [0.25, 0.3) is 0 Å². The number of sulfone groups is 1. The van der Waals surface area contributed by atoms with Gasteiger partial charge in [-0.2, -0.15) is 0 Å². The summed E-state index contributed by atoms with van der Waals surface area (Å²) in [7, 11) is -3.05. The van der Waals surface area contributed by atoms with Gasteiger partial charge in [-0.25, -0.2) is 8.42 Å². The van der Waals surface area contributed by atoms with Crippen LogP contribution >= 0.6 is 0 Å². The summed E-state index contributed by atoms with van der Waals surface area (Å²) in [6, 6.07) is 7.53. The molecule has 0 aliphatic carbocycles. The van der Waals surface area contributed by atoms with Gasteiger partial charge >= 0.3 is 0 Å². The van der Waals surface area contributed by atoms with Crippen molar-refractivity contribution < 1.29 is 8.42 Å². The molecule has 1 N–H and O–H groups in total. The van der Waals surface area contributed by atoms with E-state index in [1.54, 1.807) is 12.1 Å². The zero-order valence-electron chi connectivity index (χ0n) is 8.03. The minimum atomic E-state index is -3.05. The third kappa shape index (κ3) is 1.81. The summed E-state index contributed by atoms with van der Waals surface area (Å²) < 4.78 is 22.4. The van der Waals surface area contributed by atoms with E-state index in [0.29, 0.717) is 10.9 Å². The first-order chi connectivity index (χ1) is 6.57. The van der Waals surface area contributed by atoms with Crippen LogP contribution in [0.3, 0.4) is 0 Å². The minimum Gasteiger partial charge on any atom is -0.310 e. The Morgan fingerprint density at radius 2 is 1.86 bits per heavy atom. The Labute approximate surface area is 84.1 Å². The largest absolute Gasteiger partial charge is 0.310 e. The van der Waals surface area contributed by atoms with Crippen molar-refractivity contribution in [1.29, 1.82) is 0 Å². The Hall–Kier alpha value is -0.870. The fourth-order valence-electron chi connectivity index (χ4n) is 1.52. The summed E-state index contributed by atoms with van der Waals surface area (Å²) in [6.45, 7) is 1.05. The first-order valence-corrected chi connectivity index (χ1v) is 6.50. The number of benzene rings is 1. The van der Waals surface area contributed by atoms with Gasteiger partial charge in [0.15, 0.2) is 9.84 Å². The summed E-state index contributed by atoms with van der Waals surface area (Å²) in [6.07, 6.45) is 2.36. The lowest BCUT2D eigenvalue weighted by Gasteiger charge is -2.28. The van der Waals surface area contributed by atoms with E-state index in [1.165, 1.54) is 11.8 Å². The monoisotopic (exact) mass is 211 g/mol. The van der Waals surface area contributed by atoms with Gasteiger partial charge in [-0.05, 0) is 30.7 Å². The third-order valence-electron chi connectivity index (χ3n) is 2.53. The van der Waals surface area contributed by atoms with Crippen molar-refractivity contribution in [3.05, 3.63) is 29.8 Å². The molecule has 1 atom stereocenters. The summed E-state index contributed by atoms with van der Waals surface area (Å²) >= 11 is 0. The average molecular weight is 211 g/mol. The molecule has 1 fully saturated rings. The van der Waals surface area contributed by atoms with Crippen molar-refractivity contribution in [3.63, 3.8) is 0 Å². The van der Waals surface area contributed by atoms with Crippen LogP contribution in [-0.4, -0.2) is 21.2 Å². The normalized spacial score (nSPS) is 21.6. The van der Waals surface area contributed by atoms with E-state index in [-0.39, 0.29) is 0 Å². The van der Waals surface area contributed by atoms with Gasteiger partial charge in [0, 0.05) is 12.3 Å². The predicted molar refractivity (Wildman–Crippen MR) is 54.9 cm³/mol. The van der Waals surface area contributed by atoms with Crippen LogP contribution in [0.4, 0.5) is 0 Å². The highest BCUT2D eigenvalue weighted by Gasteiger charge is 2.18. The summed E-state index contributed by atoms with van der Waals surface area (Å²) in [5.74, 6) is 0. The second-order valence-corrected chi connectivity index (χ2v) is 5.65. The van der Waals surface area contributed by atoms with Crippen molar-refractivity contribution in [3.8, 4) is 0 Å². The average Bonchev–Trinajstić information content (AvgIpc) is 2.00. The van der Waals surface area contributed by atoms with Crippen molar-refractivity contribution in [1.82, 2.24) is 5.32 Å². The van der Waals surface area contributed by atoms with E-state index < -0.39 is 9.84 Å². The van der Waals surface area contributed by atoms with E-state index in [1.807, 2.05) is 12.1 Å². The van der Waals surface area contributed by atoms with Crippen LogP contribution in [0.5, 0.6) is 0 Å². The molecule has 1 aromatic carbocycles. The lowest BCUT2D eigenvalue weighted by molar-refractivity contribution is 0.383. The molecular formula is C10H13NO2S. The number of nitrogens with one attached hydrogen (secondary N) is 1. The molecule has 0 unspecified atom stereocenters. The van der Waals surface area contributed by atoms with Crippen LogP contribution in [0, 0.1) is 0 Å². The number of hydrogen-bond acceptors (Lipinski definition) is 3. The topological polar surface area (TPSA) is 46.2 Å². The maximum absolute atomic E-state index is 11.2. The third-order valence-corrected chi connectivity index (χ3v) is 3.66. The molecule has 0 radical (unpaired) electrons. The van der Waals surface area contributed by atoms with Crippen LogP contribution in [-0.2, 0) is 9.84 Å². The second-order valence-electron chi connectivity index (χ2n) is 3.64. The molecule has 0 saturated carbocycles. The van der Waals surface area contributed by atoms with Gasteiger partial charge in [0.05, 0.1) is 4.90 Å². The molecule has 3 nitrogen and oxygen atoms in total. The molecule has 0 aromatic heterocycles. The molecule has 4 heteroatoms. The first-order valence-electron chi connectivity index (χ1n) is 4.61. The van der Waals surface area contributed by atoms with Gasteiger partial charge in [-0.3, -0.25) is 0 Å². The minimum absolute atomic E-state index is 0.389. The van der Waals surface area contributed by atoms with E-state index >= 15 is 0 Å². The highest BCUT2D eigenvalue weighted by atomic mass is 32.2. The number of rotatable bonds is 2. The van der Waals surface area contributed by atoms with Gasteiger partial charge in [0.2, 0.25) is 0 Å². The van der Waals surface area contributed by atoms with Crippen molar-refractivity contribution >= 4 is 9.84 Å². The fourth-order valence-corrected chi connectivity index (χ4v) is 2.15. The highest BCUT2D eigenvalue weighted by Crippen LogP contribution is 2.23. The zero-order valence-corrected chi connectivity index (χ0v) is 8.84. The quantitative estimate of drug-likeness (QED) is 0.797. The Morgan fingerprint density at radius 3 is 2.21 bits per heavy atom. The van der Waals surface area contributed by atoms with Crippen LogP contribution in [0.25, 0.3) is 0 Å². The maximum Gasteiger partial charge on any atom is 0.175 e. The molecule has 0 amide bonds. The molecule has 0 bridgehead atoms. The molecule has 1 aliphatic heterocycles. The second kappa shape index (κ2) is 3.37. The highest BCUT2D eigenvalue weighted by molar-refractivity contribution is 7.90. The van der Waals surface area contributed by atoms with E-state index in [2.05, 4.69) is 5.32 Å². The molecule has 1 aromatic rings. The van der Waals surface area contributed by atoms with Crippen LogP contribution in [0.2, 0.25) is 0 Å². The smallest absolute Gasteiger partial charge is 0.175 e. The molecule has 1 aliphatic rings. The first kappa shape index (κ1) is 9.68. The molecule has 1 heterocycles. The van der Waals surface area contributed by atoms with Crippen LogP contribution in [0.15, 0.2) is 29.2 Å². The predicted octanol–water partition coefficient (Wildman–Crippen LogP) is 1.12. The Kier molecular flexibility index (Phi) is 2.33. The standard InChI is InChI=1S/C10H13NO2S/c1-14(12,13)9-4-2-8(3-5-9)10-6-7-11-10/h2-5,10-11H,6-7H2,1H3/t10-/m1/s1. The zero-order chi connectivity index (χ0) is 10.2. The van der Waals surface area contributed by atoms with E-state index in [9.17, 15) is 8.42 Å². The van der Waals surface area contributed by atoms with Crippen molar-refractivity contribution in [2.24, 2.45) is 0 Å². The molecule has 2 rings (SSSR count). The Bertz CT molecular complexity index is 418. The Morgan fingerprint density at radius 1 is 1.29 bits per heavy atom. The van der Waals surface area contributed by atoms with Gasteiger partial charge in [-0.15, -0.1) is 0 Å². The van der Waals surface area contributed by atoms with Gasteiger partial charge in [-0.1, -0.05) is 12.1 Å². The SMILES string of the molecule is CS(=O)(=O)c1ccc([C@H]2CCN2)cc1. The van der Waals surface area contributed by atoms with E-state index in [4.69, 9.17) is 0 Å². The number of hydrogen-bond donors (Lipinski definition) is 1. The van der Waals surface area contributed by atoms with Crippen LogP contribution in [0.1, 0.15) is 18.0 Å². The summed E-state index contributed by atoms with van der Waals surface area (Å²) in [5.41, 5.74) is 1.17. The van der Waals surface area contributed by atoms with Crippen LogP contribution < -0.4 is 5.32 Å². The lowest BCUT2D eigenvalue weighted by atomic mass is 9.98. The summed E-state index contributed by atoms with van der Waals surface area (Å²) in [5, 5.41) is 3.27. The van der Waals surface area contributed by atoms with E-state index in [0.717, 1.165) is 13.0 Å². The summed E-state index contributed by atoms with van der Waals surface area (Å²) in [4.78, 5) is 0.389. The Balaban J connectivity index is 2.26. The van der Waals surface area contributed by atoms with Gasteiger partial charge in [0.1, 0.15) is 0 Å². The maximum atomic E-state index is 11.2. The molecule has 14 heavy (non-hydrogen) atoms. The lowest BCUT2D eigenvalue weighted by Crippen LogP contribution is -2.34. The molecule has 1 saturated heterocycles. The van der Waals surface area contributed by atoms with Crippen molar-refractivity contribution in [2.75, 3.05) is 12.8 Å². The molecule has 76 valence electrons. The fraction of sp³-hybridized carbons (Fsp3) is 0.400. The van der Waals surface area contributed by atoms with Crippen molar-refractivity contribution in [2.45, 2.75) is 17.4 Å².